The number of thiol groups is 1. The van der Waals surface area contributed by atoms with Gasteiger partial charge in [0.1, 0.15) is 0 Å². The Morgan fingerprint density at radius 2 is 1.73 bits per heavy atom. The van der Waals surface area contributed by atoms with Crippen LogP contribution in [0, 0.1) is 11.3 Å². The molecule has 1 atom stereocenters. The normalized spacial score (nSPS) is 16.6. The van der Waals surface area contributed by atoms with Gasteiger partial charge in [-0.3, -0.25) is 0 Å². The summed E-state index contributed by atoms with van der Waals surface area (Å²) in [6, 6.07) is 5.52. The predicted molar refractivity (Wildman–Crippen MR) is 98.3 cm³/mol. The second-order valence-corrected chi connectivity index (χ2v) is 5.87. The highest BCUT2D eigenvalue weighted by atomic mass is 32.1. The molecule has 1 aliphatic rings. The molecule has 2 rings (SSSR count). The lowest BCUT2D eigenvalue weighted by Crippen LogP contribution is -2.27. The fourth-order valence-corrected chi connectivity index (χ4v) is 3.26. The van der Waals surface area contributed by atoms with Crippen LogP contribution in [-0.2, 0) is 9.53 Å². The highest BCUT2D eigenvalue weighted by Gasteiger charge is 2.35. The van der Waals surface area contributed by atoms with Crippen molar-refractivity contribution in [1.82, 2.24) is 5.32 Å². The molecule has 0 spiro atoms. The van der Waals surface area contributed by atoms with E-state index in [0.717, 1.165) is 0 Å². The van der Waals surface area contributed by atoms with E-state index in [1.807, 2.05) is 0 Å². The molecule has 0 radical (unpaired) electrons. The van der Waals surface area contributed by atoms with Gasteiger partial charge >= 0.3 is 5.97 Å². The molecule has 1 heterocycles. The van der Waals surface area contributed by atoms with Crippen LogP contribution in [0.4, 0.5) is 0 Å². The summed E-state index contributed by atoms with van der Waals surface area (Å²) in [4.78, 5) is 12.4. The molecule has 7 nitrogen and oxygen atoms in total. The van der Waals surface area contributed by atoms with Crippen LogP contribution in [0.15, 0.2) is 34.0 Å². The first-order chi connectivity index (χ1) is 12.4. The summed E-state index contributed by atoms with van der Waals surface area (Å²) in [7, 11) is 5.79. The molecule has 0 aromatic heterocycles. The van der Waals surface area contributed by atoms with Crippen molar-refractivity contribution in [3.63, 3.8) is 0 Å². The van der Waals surface area contributed by atoms with Crippen LogP contribution >= 0.6 is 12.6 Å². The van der Waals surface area contributed by atoms with Gasteiger partial charge in [-0.05, 0) is 24.6 Å². The topological polar surface area (TPSA) is 89.8 Å². The van der Waals surface area contributed by atoms with E-state index < -0.39 is 11.9 Å². The Hall–Kier alpha value is -2.79. The van der Waals surface area contributed by atoms with Crippen LogP contribution in [0.25, 0.3) is 0 Å². The Morgan fingerprint density at radius 1 is 1.15 bits per heavy atom. The number of allylic oxidation sites excluding steroid dienone is 2. The van der Waals surface area contributed by atoms with Gasteiger partial charge in [0.2, 0.25) is 5.75 Å². The molecule has 1 aliphatic heterocycles. The lowest BCUT2D eigenvalue weighted by molar-refractivity contribution is -0.136. The molecule has 1 aromatic rings. The largest absolute Gasteiger partial charge is 0.493 e. The average Bonchev–Trinajstić information content (AvgIpc) is 2.65. The Labute approximate surface area is 157 Å². The number of rotatable bonds is 5. The van der Waals surface area contributed by atoms with Gasteiger partial charge in [0.25, 0.3) is 0 Å². The lowest BCUT2D eigenvalue weighted by Gasteiger charge is -2.28. The maximum atomic E-state index is 12.4. The van der Waals surface area contributed by atoms with Gasteiger partial charge in [0.05, 0.1) is 56.6 Å². The maximum absolute atomic E-state index is 12.4. The third-order valence-corrected chi connectivity index (χ3v) is 4.44. The van der Waals surface area contributed by atoms with Crippen LogP contribution in [-0.4, -0.2) is 34.4 Å². The number of methoxy groups -OCH3 is 4. The van der Waals surface area contributed by atoms with Crippen molar-refractivity contribution in [2.24, 2.45) is 0 Å². The van der Waals surface area contributed by atoms with Crippen molar-refractivity contribution in [2.75, 3.05) is 28.4 Å². The van der Waals surface area contributed by atoms with Crippen molar-refractivity contribution < 1.29 is 23.7 Å². The Kier molecular flexibility index (Phi) is 6.05. The number of carbonyl (C=O) groups is 1. The van der Waals surface area contributed by atoms with Gasteiger partial charge < -0.3 is 24.3 Å². The second-order valence-electron chi connectivity index (χ2n) is 5.42. The summed E-state index contributed by atoms with van der Waals surface area (Å²) in [5.41, 5.74) is 1.77. The van der Waals surface area contributed by atoms with Gasteiger partial charge in [0.15, 0.2) is 11.5 Å². The van der Waals surface area contributed by atoms with Crippen LogP contribution in [0.2, 0.25) is 0 Å². The van der Waals surface area contributed by atoms with Gasteiger partial charge in [-0.1, -0.05) is 0 Å². The molecule has 138 valence electrons. The fourth-order valence-electron chi connectivity index (χ4n) is 2.91. The Bertz CT molecular complexity index is 813. The summed E-state index contributed by atoms with van der Waals surface area (Å²) in [6.07, 6.45) is 0. The van der Waals surface area contributed by atoms with Gasteiger partial charge in [-0.2, -0.15) is 5.26 Å². The lowest BCUT2D eigenvalue weighted by atomic mass is 9.82. The average molecular weight is 376 g/mol. The third kappa shape index (κ3) is 3.30. The van der Waals surface area contributed by atoms with Gasteiger partial charge in [-0.25, -0.2) is 4.79 Å². The number of nitrogens with zero attached hydrogens (tertiary/aromatic N) is 1. The second kappa shape index (κ2) is 8.06. The van der Waals surface area contributed by atoms with Crippen molar-refractivity contribution in [1.29, 1.82) is 5.26 Å². The fraction of sp³-hybridized carbons (Fsp3) is 0.333. The summed E-state index contributed by atoms with van der Waals surface area (Å²) < 4.78 is 21.0. The number of dihydropyridines is 1. The first-order valence-electron chi connectivity index (χ1n) is 7.62. The van der Waals surface area contributed by atoms with Crippen molar-refractivity contribution >= 4 is 18.6 Å². The molecule has 0 amide bonds. The smallest absolute Gasteiger partial charge is 0.336 e. The minimum Gasteiger partial charge on any atom is -0.493 e. The number of nitrogens with one attached hydrogen (secondary N) is 1. The minimum absolute atomic E-state index is 0.286. The van der Waals surface area contributed by atoms with Crippen molar-refractivity contribution in [3.8, 4) is 23.3 Å². The quantitative estimate of drug-likeness (QED) is 0.603. The van der Waals surface area contributed by atoms with Crippen molar-refractivity contribution in [3.05, 3.63) is 39.6 Å². The van der Waals surface area contributed by atoms with Crippen LogP contribution in [0.5, 0.6) is 17.2 Å². The number of benzene rings is 1. The number of ether oxygens (including phenoxy) is 4. The van der Waals surface area contributed by atoms with E-state index in [-0.39, 0.29) is 5.57 Å². The standard InChI is InChI=1S/C18H20N2O5S/c1-9-14(18(21)25-5)15(11(8-19)17(26)20-9)10-6-12(22-2)16(24-4)13(7-10)23-3/h6-7,15,20,26H,1-5H3/t15-/m0/s1. The van der Waals surface area contributed by atoms with Gasteiger partial charge in [-0.15, -0.1) is 12.6 Å². The first kappa shape index (κ1) is 19.5. The zero-order valence-electron chi connectivity index (χ0n) is 15.2. The predicted octanol–water partition coefficient (Wildman–Crippen LogP) is 2.51. The SMILES string of the molecule is COC(=O)C1=C(C)NC(S)=C(C#N)[C@@H]1c1cc(OC)c(OC)c(OC)c1. The van der Waals surface area contributed by atoms with Crippen LogP contribution in [0.3, 0.4) is 0 Å². The third-order valence-electron chi connectivity index (χ3n) is 4.09. The number of nitriles is 1. The molecular formula is C18H20N2O5S. The molecule has 0 saturated heterocycles. The monoisotopic (exact) mass is 376 g/mol. The molecule has 1 N–H and O–H groups in total. The summed E-state index contributed by atoms with van der Waals surface area (Å²) in [5, 5.41) is 13.0. The molecule has 0 unspecified atom stereocenters. The molecule has 0 bridgehead atoms. The molecule has 8 heteroatoms. The summed E-state index contributed by atoms with van der Waals surface area (Å²) in [6.45, 7) is 1.72. The number of carbonyl (C=O) groups excluding carboxylic acids is 1. The van der Waals surface area contributed by atoms with E-state index in [4.69, 9.17) is 18.9 Å². The maximum Gasteiger partial charge on any atom is 0.336 e. The molecule has 0 saturated carbocycles. The van der Waals surface area contributed by atoms with E-state index in [9.17, 15) is 10.1 Å². The van der Waals surface area contributed by atoms with Crippen molar-refractivity contribution in [2.45, 2.75) is 12.8 Å². The van der Waals surface area contributed by atoms with E-state index in [2.05, 4.69) is 24.0 Å². The Morgan fingerprint density at radius 3 is 2.15 bits per heavy atom. The molecule has 0 fully saturated rings. The number of hydrogen-bond acceptors (Lipinski definition) is 8. The van der Waals surface area contributed by atoms with Crippen LogP contribution < -0.4 is 19.5 Å². The zero-order chi connectivity index (χ0) is 19.4. The molecule has 26 heavy (non-hydrogen) atoms. The highest BCUT2D eigenvalue weighted by Crippen LogP contribution is 2.45. The van der Waals surface area contributed by atoms with Gasteiger partial charge in [0, 0.05) is 5.70 Å². The number of hydrogen-bond donors (Lipinski definition) is 2. The molecule has 0 aliphatic carbocycles. The van der Waals surface area contributed by atoms with E-state index >= 15 is 0 Å². The first-order valence-corrected chi connectivity index (χ1v) is 8.07. The van der Waals surface area contributed by atoms with Crippen LogP contribution in [0.1, 0.15) is 18.4 Å². The summed E-state index contributed by atoms with van der Waals surface area (Å²) >= 11 is 4.35. The Balaban J connectivity index is 2.77. The number of esters is 1. The molecular weight excluding hydrogens is 356 g/mol. The summed E-state index contributed by atoms with van der Waals surface area (Å²) in [5.74, 6) is 0.0272. The highest BCUT2D eigenvalue weighted by molar-refractivity contribution is 7.84. The zero-order valence-corrected chi connectivity index (χ0v) is 16.1. The van der Waals surface area contributed by atoms with E-state index in [0.29, 0.717) is 39.1 Å². The minimum atomic E-state index is -0.685. The van der Waals surface area contributed by atoms with E-state index in [1.54, 1.807) is 19.1 Å². The molecule has 1 aromatic carbocycles. The van der Waals surface area contributed by atoms with E-state index in [1.165, 1.54) is 28.4 Å².